The van der Waals surface area contributed by atoms with E-state index in [1.54, 1.807) is 12.1 Å². The van der Waals surface area contributed by atoms with Crippen LogP contribution in [0.4, 0.5) is 8.78 Å². The molecule has 0 unspecified atom stereocenters. The topological polar surface area (TPSA) is 73.6 Å². The summed E-state index contributed by atoms with van der Waals surface area (Å²) >= 11 is 0. The van der Waals surface area contributed by atoms with Crippen LogP contribution < -0.4 is 0 Å². The Morgan fingerprint density at radius 3 is 2.43 bits per heavy atom. The minimum absolute atomic E-state index is 0. The highest BCUT2D eigenvalue weighted by molar-refractivity contribution is 5.85. The van der Waals surface area contributed by atoms with Gasteiger partial charge < -0.3 is 14.7 Å². The van der Waals surface area contributed by atoms with Crippen LogP contribution in [-0.4, -0.2) is 47.9 Å². The van der Waals surface area contributed by atoms with Gasteiger partial charge in [0.05, 0.1) is 12.9 Å². The largest absolute Gasteiger partial charge is 0.463 e. The number of esters is 1. The Bertz CT molecular complexity index is 724. The summed E-state index contributed by atoms with van der Waals surface area (Å²) in [5, 5.41) is 18.7. The standard InChI is InChI=1S/C22H30F2N2O3.ClH/c1-2-16-3-5-18(6-4-16)22(28,19-7-10-21(23,24)13-19)20(27)29-14-17-8-11-26(15-25)12-9-17;/h3-6,15,17,19,25,28H,2,7-14H2,1H3;1H/t19-,22+;/m1./s1. The van der Waals surface area contributed by atoms with Crippen LogP contribution in [0, 0.1) is 17.2 Å². The summed E-state index contributed by atoms with van der Waals surface area (Å²) in [7, 11) is 0. The number of benzene rings is 1. The van der Waals surface area contributed by atoms with E-state index in [0.29, 0.717) is 5.56 Å². The van der Waals surface area contributed by atoms with Gasteiger partial charge in [-0.1, -0.05) is 31.2 Å². The predicted octanol–water partition coefficient (Wildman–Crippen LogP) is 4.16. The number of aliphatic hydroxyl groups is 1. The van der Waals surface area contributed by atoms with Crippen molar-refractivity contribution >= 4 is 24.7 Å². The van der Waals surface area contributed by atoms with Crippen molar-refractivity contribution in [2.75, 3.05) is 19.7 Å². The number of aryl methyl sites for hydroxylation is 1. The number of rotatable bonds is 7. The monoisotopic (exact) mass is 444 g/mol. The van der Waals surface area contributed by atoms with E-state index < -0.39 is 29.8 Å². The van der Waals surface area contributed by atoms with Gasteiger partial charge in [-0.2, -0.15) is 0 Å². The highest BCUT2D eigenvalue weighted by Gasteiger charge is 2.54. The Balaban J connectivity index is 0.00000320. The molecule has 1 aromatic carbocycles. The van der Waals surface area contributed by atoms with Crippen LogP contribution in [0.25, 0.3) is 0 Å². The zero-order chi connectivity index (χ0) is 21.1. The first kappa shape index (κ1) is 24.5. The van der Waals surface area contributed by atoms with Crippen molar-refractivity contribution in [3.8, 4) is 0 Å². The Kier molecular flexibility index (Phi) is 8.22. The Morgan fingerprint density at radius 1 is 1.30 bits per heavy atom. The lowest BCUT2D eigenvalue weighted by Crippen LogP contribution is -2.45. The number of piperidine rings is 1. The molecule has 30 heavy (non-hydrogen) atoms. The smallest absolute Gasteiger partial charge is 0.343 e. The molecule has 1 saturated heterocycles. The first-order valence-electron chi connectivity index (χ1n) is 10.4. The number of hydrogen-bond donors (Lipinski definition) is 2. The molecule has 2 N–H and O–H groups in total. The molecule has 0 aromatic heterocycles. The van der Waals surface area contributed by atoms with Gasteiger partial charge in [-0.05, 0) is 42.7 Å². The quantitative estimate of drug-likeness (QED) is 0.376. The van der Waals surface area contributed by atoms with Crippen LogP contribution in [0.1, 0.15) is 50.2 Å². The third-order valence-corrected chi connectivity index (χ3v) is 6.39. The minimum atomic E-state index is -2.87. The molecule has 0 amide bonds. The fourth-order valence-electron chi connectivity index (χ4n) is 4.37. The van der Waals surface area contributed by atoms with Gasteiger partial charge in [0.25, 0.3) is 0 Å². The van der Waals surface area contributed by atoms with Crippen LogP contribution >= 0.6 is 12.4 Å². The molecule has 0 bridgehead atoms. The summed E-state index contributed by atoms with van der Waals surface area (Å²) in [6, 6.07) is 6.93. The number of alkyl halides is 2. The Hall–Kier alpha value is -1.73. The van der Waals surface area contributed by atoms with Gasteiger partial charge in [-0.15, -0.1) is 12.4 Å². The molecule has 2 fully saturated rings. The number of hydrogen-bond acceptors (Lipinski definition) is 4. The molecule has 1 heterocycles. The van der Waals surface area contributed by atoms with Crippen molar-refractivity contribution in [1.29, 1.82) is 5.41 Å². The third kappa shape index (κ3) is 5.30. The predicted molar refractivity (Wildman–Crippen MR) is 113 cm³/mol. The fourth-order valence-corrected chi connectivity index (χ4v) is 4.37. The van der Waals surface area contributed by atoms with Crippen molar-refractivity contribution < 1.29 is 23.4 Å². The summed E-state index contributed by atoms with van der Waals surface area (Å²) in [5.41, 5.74) is -0.706. The summed E-state index contributed by atoms with van der Waals surface area (Å²) in [5.74, 6) is -4.44. The second-order valence-corrected chi connectivity index (χ2v) is 8.32. The van der Waals surface area contributed by atoms with Gasteiger partial charge in [0, 0.05) is 31.8 Å². The lowest BCUT2D eigenvalue weighted by atomic mass is 9.79. The average Bonchev–Trinajstić information content (AvgIpc) is 3.11. The zero-order valence-corrected chi connectivity index (χ0v) is 18.1. The van der Waals surface area contributed by atoms with Gasteiger partial charge in [0.15, 0.2) is 5.60 Å². The molecule has 0 spiro atoms. The minimum Gasteiger partial charge on any atom is -0.463 e. The Labute approximate surface area is 182 Å². The average molecular weight is 445 g/mol. The van der Waals surface area contributed by atoms with E-state index in [4.69, 9.17) is 10.1 Å². The number of carbonyl (C=O) groups is 1. The van der Waals surface area contributed by atoms with Crippen LogP contribution in [0.2, 0.25) is 0 Å². The molecule has 5 nitrogen and oxygen atoms in total. The summed E-state index contributed by atoms with van der Waals surface area (Å²) in [6.45, 7) is 3.60. The first-order chi connectivity index (χ1) is 13.8. The molecule has 2 atom stereocenters. The summed E-state index contributed by atoms with van der Waals surface area (Å²) < 4.78 is 33.3. The van der Waals surface area contributed by atoms with E-state index in [1.165, 1.54) is 6.34 Å². The maximum Gasteiger partial charge on any atom is 0.343 e. The maximum absolute atomic E-state index is 13.9. The summed E-state index contributed by atoms with van der Waals surface area (Å²) in [4.78, 5) is 14.9. The summed E-state index contributed by atoms with van der Waals surface area (Å²) in [6.07, 6.45) is 2.90. The Morgan fingerprint density at radius 2 is 1.93 bits per heavy atom. The molecule has 1 aromatic rings. The molecular weight excluding hydrogens is 414 g/mol. The van der Waals surface area contributed by atoms with Crippen molar-refractivity contribution in [1.82, 2.24) is 4.90 Å². The molecule has 3 rings (SSSR count). The van der Waals surface area contributed by atoms with E-state index in [0.717, 1.165) is 37.9 Å². The number of nitrogens with zero attached hydrogens (tertiary/aromatic N) is 1. The fraction of sp³-hybridized carbons (Fsp3) is 0.636. The highest BCUT2D eigenvalue weighted by atomic mass is 35.5. The molecule has 168 valence electrons. The molecular formula is C22H31ClF2N2O3. The second-order valence-electron chi connectivity index (χ2n) is 8.32. The van der Waals surface area contributed by atoms with Crippen molar-refractivity contribution in [2.45, 2.75) is 57.0 Å². The third-order valence-electron chi connectivity index (χ3n) is 6.39. The lowest BCUT2D eigenvalue weighted by molar-refractivity contribution is -0.176. The lowest BCUT2D eigenvalue weighted by Gasteiger charge is -2.34. The van der Waals surface area contributed by atoms with Crippen molar-refractivity contribution in [2.24, 2.45) is 11.8 Å². The SMILES string of the molecule is CCc1ccc([C@@](O)(C(=O)OCC2CCN(C=N)CC2)[C@@H]2CCC(F)(F)C2)cc1.Cl. The van der Waals surface area contributed by atoms with Gasteiger partial charge in [-0.25, -0.2) is 13.6 Å². The van der Waals surface area contributed by atoms with Gasteiger partial charge in [-0.3, -0.25) is 5.41 Å². The molecule has 1 saturated carbocycles. The van der Waals surface area contributed by atoms with Crippen molar-refractivity contribution in [3.63, 3.8) is 0 Å². The van der Waals surface area contributed by atoms with E-state index in [-0.39, 0.29) is 37.8 Å². The molecule has 1 aliphatic carbocycles. The van der Waals surface area contributed by atoms with Crippen LogP contribution in [0.15, 0.2) is 24.3 Å². The number of likely N-dealkylation sites (tertiary alicyclic amines) is 1. The maximum atomic E-state index is 13.9. The van der Waals surface area contributed by atoms with Crippen LogP contribution in [0.3, 0.4) is 0 Å². The van der Waals surface area contributed by atoms with Gasteiger partial charge in [0.2, 0.25) is 5.92 Å². The first-order valence-corrected chi connectivity index (χ1v) is 10.4. The van der Waals surface area contributed by atoms with E-state index in [1.807, 2.05) is 24.0 Å². The molecule has 1 aliphatic heterocycles. The van der Waals surface area contributed by atoms with E-state index in [2.05, 4.69) is 0 Å². The second kappa shape index (κ2) is 10.1. The normalized spacial score (nSPS) is 23.3. The van der Waals surface area contributed by atoms with E-state index >= 15 is 0 Å². The molecule has 0 radical (unpaired) electrons. The van der Waals surface area contributed by atoms with Crippen molar-refractivity contribution in [3.05, 3.63) is 35.4 Å². The number of nitrogens with one attached hydrogen (secondary N) is 1. The van der Waals surface area contributed by atoms with E-state index in [9.17, 15) is 18.7 Å². The van der Waals surface area contributed by atoms with Crippen LogP contribution in [-0.2, 0) is 21.6 Å². The zero-order valence-electron chi connectivity index (χ0n) is 17.3. The number of carbonyl (C=O) groups excluding carboxylic acids is 1. The molecule has 2 aliphatic rings. The highest BCUT2D eigenvalue weighted by Crippen LogP contribution is 2.48. The van der Waals surface area contributed by atoms with Crippen LogP contribution in [0.5, 0.6) is 0 Å². The van der Waals surface area contributed by atoms with Gasteiger partial charge >= 0.3 is 5.97 Å². The number of halogens is 3. The van der Waals surface area contributed by atoms with Gasteiger partial charge in [0.1, 0.15) is 0 Å². The number of ether oxygens (including phenoxy) is 1. The molecule has 8 heteroatoms.